The maximum absolute atomic E-state index is 13.9. The summed E-state index contributed by atoms with van der Waals surface area (Å²) in [5.41, 5.74) is 4.57. The molecule has 0 bridgehead atoms. The molecule has 0 radical (unpaired) electrons. The molecule has 1 aromatic heterocycles. The Kier molecular flexibility index (Phi) is 3.32. The van der Waals surface area contributed by atoms with E-state index < -0.39 is 5.41 Å². The number of nitrogens with one attached hydrogen (secondary N) is 1. The standard InChI is InChI=1S/C23H18N4O2/c28-22-23(14-29-21-12-19-18(11-17(21)23)25-9-10-26-19)16-6-1-2-7-20(16)27(22)13-15-5-3-4-8-24-15/h1-9,11-12,26H,10,13-14H2. The van der Waals surface area contributed by atoms with Crippen LogP contribution >= 0.6 is 0 Å². The van der Waals surface area contributed by atoms with E-state index in [2.05, 4.69) is 15.3 Å². The van der Waals surface area contributed by atoms with Crippen molar-refractivity contribution in [3.8, 4) is 5.75 Å². The highest BCUT2D eigenvalue weighted by Gasteiger charge is 2.57. The van der Waals surface area contributed by atoms with Crippen molar-refractivity contribution in [2.45, 2.75) is 12.0 Å². The number of carbonyl (C=O) groups excluding carboxylic acids is 1. The van der Waals surface area contributed by atoms with Gasteiger partial charge in [-0.05, 0) is 29.8 Å². The first-order chi connectivity index (χ1) is 14.3. The average Bonchev–Trinajstić information content (AvgIpc) is 3.25. The van der Waals surface area contributed by atoms with Crippen molar-refractivity contribution in [2.75, 3.05) is 23.4 Å². The van der Waals surface area contributed by atoms with Gasteiger partial charge in [0.2, 0.25) is 5.91 Å². The molecule has 1 unspecified atom stereocenters. The Bertz CT molecular complexity index is 1170. The summed E-state index contributed by atoms with van der Waals surface area (Å²) in [5.74, 6) is 0.770. The summed E-state index contributed by atoms with van der Waals surface area (Å²) >= 11 is 0. The van der Waals surface area contributed by atoms with E-state index in [-0.39, 0.29) is 5.91 Å². The number of para-hydroxylation sites is 1. The first kappa shape index (κ1) is 16.3. The van der Waals surface area contributed by atoms with E-state index in [0.29, 0.717) is 19.7 Å². The van der Waals surface area contributed by atoms with Crippen molar-refractivity contribution in [2.24, 2.45) is 4.99 Å². The lowest BCUT2D eigenvalue weighted by atomic mass is 9.77. The molecular weight excluding hydrogens is 364 g/mol. The average molecular weight is 382 g/mol. The number of pyridine rings is 1. The number of amides is 1. The molecule has 142 valence electrons. The molecule has 4 heterocycles. The second kappa shape index (κ2) is 5.91. The third kappa shape index (κ3) is 2.20. The molecular formula is C23H18N4O2. The molecule has 0 aliphatic carbocycles. The number of benzene rings is 2. The molecule has 6 nitrogen and oxygen atoms in total. The summed E-state index contributed by atoms with van der Waals surface area (Å²) in [6.07, 6.45) is 3.60. The molecule has 2 aromatic carbocycles. The molecule has 6 heteroatoms. The molecule has 3 aromatic rings. The van der Waals surface area contributed by atoms with Crippen LogP contribution in [0.15, 0.2) is 65.8 Å². The summed E-state index contributed by atoms with van der Waals surface area (Å²) in [4.78, 5) is 24.6. The number of carbonyl (C=O) groups is 1. The Morgan fingerprint density at radius 1 is 1.10 bits per heavy atom. The maximum atomic E-state index is 13.9. The van der Waals surface area contributed by atoms with Gasteiger partial charge in [0.05, 0.1) is 30.2 Å². The van der Waals surface area contributed by atoms with Gasteiger partial charge in [0.1, 0.15) is 17.8 Å². The first-order valence-electron chi connectivity index (χ1n) is 9.66. The number of anilines is 2. The van der Waals surface area contributed by atoms with Crippen molar-refractivity contribution >= 4 is 29.2 Å². The van der Waals surface area contributed by atoms with Gasteiger partial charge >= 0.3 is 0 Å². The largest absolute Gasteiger partial charge is 0.491 e. The predicted molar refractivity (Wildman–Crippen MR) is 111 cm³/mol. The van der Waals surface area contributed by atoms with E-state index in [1.807, 2.05) is 65.7 Å². The molecule has 6 rings (SSSR count). The van der Waals surface area contributed by atoms with Gasteiger partial charge in [-0.1, -0.05) is 24.3 Å². The molecule has 29 heavy (non-hydrogen) atoms. The predicted octanol–water partition coefficient (Wildman–Crippen LogP) is 3.43. The molecule has 1 amide bonds. The van der Waals surface area contributed by atoms with Crippen molar-refractivity contribution in [1.82, 2.24) is 4.98 Å². The zero-order valence-electron chi connectivity index (χ0n) is 15.6. The molecule has 1 N–H and O–H groups in total. The molecule has 0 saturated heterocycles. The van der Waals surface area contributed by atoms with E-state index in [1.54, 1.807) is 6.20 Å². The second-order valence-electron chi connectivity index (χ2n) is 7.48. The minimum atomic E-state index is -0.845. The van der Waals surface area contributed by atoms with Crippen LogP contribution in [0.5, 0.6) is 5.75 Å². The highest BCUT2D eigenvalue weighted by molar-refractivity contribution is 6.11. The smallest absolute Gasteiger partial charge is 0.246 e. The van der Waals surface area contributed by atoms with Crippen molar-refractivity contribution in [3.63, 3.8) is 0 Å². The van der Waals surface area contributed by atoms with Gasteiger partial charge in [0, 0.05) is 29.7 Å². The lowest BCUT2D eigenvalue weighted by Gasteiger charge is -2.23. The van der Waals surface area contributed by atoms with E-state index in [0.717, 1.165) is 39.6 Å². The summed E-state index contributed by atoms with van der Waals surface area (Å²) < 4.78 is 6.07. The van der Waals surface area contributed by atoms with Crippen LogP contribution in [0.3, 0.4) is 0 Å². The van der Waals surface area contributed by atoms with Crippen molar-refractivity contribution in [1.29, 1.82) is 0 Å². The van der Waals surface area contributed by atoms with Crippen molar-refractivity contribution in [3.05, 3.63) is 77.6 Å². The fourth-order valence-corrected chi connectivity index (χ4v) is 4.57. The lowest BCUT2D eigenvalue weighted by Crippen LogP contribution is -2.42. The van der Waals surface area contributed by atoms with E-state index >= 15 is 0 Å². The van der Waals surface area contributed by atoms with Crippen LogP contribution in [0.1, 0.15) is 16.8 Å². The number of hydrogen-bond acceptors (Lipinski definition) is 5. The Hall–Kier alpha value is -3.67. The Labute approximate surface area is 167 Å². The highest BCUT2D eigenvalue weighted by Crippen LogP contribution is 2.54. The maximum Gasteiger partial charge on any atom is 0.246 e. The molecule has 3 aliphatic heterocycles. The Morgan fingerprint density at radius 3 is 2.90 bits per heavy atom. The molecule has 0 fully saturated rings. The van der Waals surface area contributed by atoms with Crippen LogP contribution in [0.4, 0.5) is 17.1 Å². The molecule has 3 aliphatic rings. The quantitative estimate of drug-likeness (QED) is 0.737. The van der Waals surface area contributed by atoms with E-state index in [9.17, 15) is 4.79 Å². The van der Waals surface area contributed by atoms with Gasteiger partial charge in [-0.15, -0.1) is 0 Å². The zero-order valence-corrected chi connectivity index (χ0v) is 15.6. The van der Waals surface area contributed by atoms with Crippen LogP contribution in [0.2, 0.25) is 0 Å². The Morgan fingerprint density at radius 2 is 2.00 bits per heavy atom. The van der Waals surface area contributed by atoms with Gasteiger partial charge in [0.25, 0.3) is 0 Å². The number of fused-ring (bicyclic) bond motifs is 5. The fourth-order valence-electron chi connectivity index (χ4n) is 4.57. The Balaban J connectivity index is 1.52. The topological polar surface area (TPSA) is 66.8 Å². The zero-order chi connectivity index (χ0) is 19.4. The molecule has 1 spiro atoms. The summed E-state index contributed by atoms with van der Waals surface area (Å²) in [6.45, 7) is 1.42. The second-order valence-corrected chi connectivity index (χ2v) is 7.48. The number of aromatic nitrogens is 1. The fraction of sp³-hybridized carbons (Fsp3) is 0.174. The van der Waals surface area contributed by atoms with E-state index in [4.69, 9.17) is 4.74 Å². The summed E-state index contributed by atoms with van der Waals surface area (Å²) in [5, 5.41) is 3.31. The van der Waals surface area contributed by atoms with Gasteiger partial charge in [-0.2, -0.15) is 0 Å². The first-order valence-corrected chi connectivity index (χ1v) is 9.66. The number of aliphatic imine (C=N–C) groups is 1. The minimum absolute atomic E-state index is 0.0239. The number of nitrogens with zero attached hydrogens (tertiary/aromatic N) is 3. The van der Waals surface area contributed by atoms with Gasteiger partial charge < -0.3 is 15.0 Å². The monoisotopic (exact) mass is 382 g/mol. The van der Waals surface area contributed by atoms with Gasteiger partial charge in [0.15, 0.2) is 0 Å². The SMILES string of the molecule is O=C1N(Cc2ccccn2)c2ccccc2C12COc1cc3c(cc12)N=CCN3. The number of rotatable bonds is 2. The summed E-state index contributed by atoms with van der Waals surface area (Å²) in [6, 6.07) is 17.7. The van der Waals surface area contributed by atoms with Crippen LogP contribution in [-0.4, -0.2) is 30.3 Å². The highest BCUT2D eigenvalue weighted by atomic mass is 16.5. The van der Waals surface area contributed by atoms with Crippen LogP contribution < -0.4 is 15.0 Å². The van der Waals surface area contributed by atoms with E-state index in [1.165, 1.54) is 0 Å². The number of hydrogen-bond donors (Lipinski definition) is 1. The minimum Gasteiger partial charge on any atom is -0.491 e. The van der Waals surface area contributed by atoms with Crippen LogP contribution in [-0.2, 0) is 16.8 Å². The molecule has 0 saturated carbocycles. The third-order valence-electron chi connectivity index (χ3n) is 5.93. The molecule has 1 atom stereocenters. The summed E-state index contributed by atoms with van der Waals surface area (Å²) in [7, 11) is 0. The lowest BCUT2D eigenvalue weighted by molar-refractivity contribution is -0.122. The van der Waals surface area contributed by atoms with Crippen molar-refractivity contribution < 1.29 is 9.53 Å². The van der Waals surface area contributed by atoms with Crippen LogP contribution in [0.25, 0.3) is 0 Å². The third-order valence-corrected chi connectivity index (χ3v) is 5.93. The van der Waals surface area contributed by atoms with Gasteiger partial charge in [-0.25, -0.2) is 0 Å². The normalized spacial score (nSPS) is 20.8. The number of ether oxygens (including phenoxy) is 1. The van der Waals surface area contributed by atoms with Crippen LogP contribution in [0, 0.1) is 0 Å². The van der Waals surface area contributed by atoms with Gasteiger partial charge in [-0.3, -0.25) is 14.8 Å².